The molecule has 9 heteroatoms. The van der Waals surface area contributed by atoms with E-state index in [1.54, 1.807) is 18.2 Å². The summed E-state index contributed by atoms with van der Waals surface area (Å²) in [4.78, 5) is 15.5. The van der Waals surface area contributed by atoms with Crippen molar-refractivity contribution < 1.29 is 13.9 Å². The van der Waals surface area contributed by atoms with Crippen LogP contribution in [0.1, 0.15) is 17.4 Å². The van der Waals surface area contributed by atoms with Crippen LogP contribution in [0.5, 0.6) is 11.5 Å². The van der Waals surface area contributed by atoms with Gasteiger partial charge in [-0.3, -0.25) is 4.98 Å². The van der Waals surface area contributed by atoms with Gasteiger partial charge in [0.2, 0.25) is 0 Å². The lowest BCUT2D eigenvalue weighted by atomic mass is 10.1. The molecule has 0 spiro atoms. The van der Waals surface area contributed by atoms with Crippen LogP contribution in [0.4, 0.5) is 10.2 Å². The van der Waals surface area contributed by atoms with Gasteiger partial charge in [0.25, 0.3) is 0 Å². The van der Waals surface area contributed by atoms with Crippen LogP contribution in [0.25, 0.3) is 11.4 Å². The fraction of sp³-hybridized carbons (Fsp3) is 0.318. The standard InChI is InChI=1S/C22H23ClFN5O2/c1-14-8-17(10-21(28-14)29-4-6-30-7-5-29)31-20-9-16(23)13-27-22(20)19-3-2-15(12-26-19)18(24)11-25/h2-3,8-10,12-13,18H,4-7,11,25H2,1H3/t18-/m1/s1. The fourth-order valence-corrected chi connectivity index (χ4v) is 3.47. The van der Waals surface area contributed by atoms with E-state index in [9.17, 15) is 4.39 Å². The van der Waals surface area contributed by atoms with Gasteiger partial charge in [-0.25, -0.2) is 14.4 Å². The molecule has 1 saturated heterocycles. The number of aryl methyl sites for hydroxylation is 1. The van der Waals surface area contributed by atoms with E-state index in [4.69, 9.17) is 26.8 Å². The van der Waals surface area contributed by atoms with Crippen LogP contribution in [-0.4, -0.2) is 47.8 Å². The molecule has 162 valence electrons. The van der Waals surface area contributed by atoms with Crippen LogP contribution in [0.15, 0.2) is 42.7 Å². The van der Waals surface area contributed by atoms with Gasteiger partial charge in [-0.05, 0) is 13.0 Å². The molecule has 4 heterocycles. The van der Waals surface area contributed by atoms with Crippen molar-refractivity contribution in [2.75, 3.05) is 37.7 Å². The second-order valence-electron chi connectivity index (χ2n) is 7.18. The number of morpholine rings is 1. The number of rotatable bonds is 6. The van der Waals surface area contributed by atoms with Gasteiger partial charge in [-0.15, -0.1) is 0 Å². The molecule has 1 aliphatic heterocycles. The number of pyridine rings is 3. The summed E-state index contributed by atoms with van der Waals surface area (Å²) in [6.45, 7) is 4.70. The van der Waals surface area contributed by atoms with Crippen molar-refractivity contribution >= 4 is 17.4 Å². The minimum atomic E-state index is -1.26. The Morgan fingerprint density at radius 3 is 2.71 bits per heavy atom. The van der Waals surface area contributed by atoms with Crippen molar-refractivity contribution in [2.24, 2.45) is 5.73 Å². The lowest BCUT2D eigenvalue weighted by Crippen LogP contribution is -2.36. The molecule has 0 radical (unpaired) electrons. The third-order valence-electron chi connectivity index (χ3n) is 4.89. The molecule has 0 amide bonds. The fourth-order valence-electron chi connectivity index (χ4n) is 3.32. The number of halogens is 2. The predicted molar refractivity (Wildman–Crippen MR) is 117 cm³/mol. The van der Waals surface area contributed by atoms with Crippen molar-refractivity contribution in [3.8, 4) is 22.9 Å². The Kier molecular flexibility index (Phi) is 6.60. The number of alkyl halides is 1. The molecule has 1 fully saturated rings. The Labute approximate surface area is 185 Å². The van der Waals surface area contributed by atoms with Gasteiger partial charge in [0.05, 0.1) is 23.9 Å². The van der Waals surface area contributed by atoms with E-state index < -0.39 is 6.17 Å². The quantitative estimate of drug-likeness (QED) is 0.613. The Balaban J connectivity index is 1.65. The SMILES string of the molecule is Cc1cc(Oc2cc(Cl)cnc2-c2ccc([C@H](F)CN)cn2)cc(N2CCOCC2)n1. The maximum atomic E-state index is 13.8. The third kappa shape index (κ3) is 5.10. The molecule has 0 bridgehead atoms. The van der Waals surface area contributed by atoms with Crippen molar-refractivity contribution in [1.82, 2.24) is 15.0 Å². The molecule has 7 nitrogen and oxygen atoms in total. The van der Waals surface area contributed by atoms with Crippen molar-refractivity contribution in [1.29, 1.82) is 0 Å². The highest BCUT2D eigenvalue weighted by Gasteiger charge is 2.17. The van der Waals surface area contributed by atoms with E-state index in [2.05, 4.69) is 19.9 Å². The smallest absolute Gasteiger partial charge is 0.156 e. The molecular weight excluding hydrogens is 421 g/mol. The molecule has 1 atom stereocenters. The van der Waals surface area contributed by atoms with Gasteiger partial charge < -0.3 is 20.1 Å². The first kappa shape index (κ1) is 21.4. The van der Waals surface area contributed by atoms with Gasteiger partial charge in [0.15, 0.2) is 5.75 Å². The number of aromatic nitrogens is 3. The molecule has 0 saturated carbocycles. The highest BCUT2D eigenvalue weighted by Crippen LogP contribution is 2.34. The summed E-state index contributed by atoms with van der Waals surface area (Å²) in [5, 5.41) is 0.432. The van der Waals surface area contributed by atoms with Gasteiger partial charge >= 0.3 is 0 Å². The molecule has 3 aromatic rings. The maximum absolute atomic E-state index is 13.8. The zero-order valence-corrected chi connectivity index (χ0v) is 17.8. The van der Waals surface area contributed by atoms with Crippen LogP contribution < -0.4 is 15.4 Å². The van der Waals surface area contributed by atoms with Gasteiger partial charge in [-0.1, -0.05) is 17.7 Å². The predicted octanol–water partition coefficient (Wildman–Crippen LogP) is 4.10. The normalized spacial score (nSPS) is 15.0. The maximum Gasteiger partial charge on any atom is 0.156 e. The molecule has 0 unspecified atom stereocenters. The number of nitrogens with two attached hydrogens (primary N) is 1. The van der Waals surface area contributed by atoms with Crippen LogP contribution >= 0.6 is 11.6 Å². The summed E-state index contributed by atoms with van der Waals surface area (Å²) in [6, 6.07) is 8.75. The Bertz CT molecular complexity index is 1040. The molecular formula is C22H23ClFN5O2. The molecule has 4 rings (SSSR count). The summed E-state index contributed by atoms with van der Waals surface area (Å²) in [5.74, 6) is 1.89. The Morgan fingerprint density at radius 1 is 1.19 bits per heavy atom. The number of nitrogens with zero attached hydrogens (tertiary/aromatic N) is 4. The minimum absolute atomic E-state index is 0.0958. The van der Waals surface area contributed by atoms with Crippen LogP contribution in [0.2, 0.25) is 5.02 Å². The second kappa shape index (κ2) is 9.55. The van der Waals surface area contributed by atoms with Gasteiger partial charge in [0.1, 0.15) is 23.4 Å². The van der Waals surface area contributed by atoms with Crippen molar-refractivity contribution in [3.63, 3.8) is 0 Å². The number of hydrogen-bond donors (Lipinski definition) is 1. The Hall–Kier alpha value is -2.81. The molecule has 1 aliphatic rings. The lowest BCUT2D eigenvalue weighted by molar-refractivity contribution is 0.122. The van der Waals surface area contributed by atoms with Gasteiger partial charge in [-0.2, -0.15) is 0 Å². The second-order valence-corrected chi connectivity index (χ2v) is 7.62. The highest BCUT2D eigenvalue weighted by molar-refractivity contribution is 6.30. The monoisotopic (exact) mass is 443 g/mol. The van der Waals surface area contributed by atoms with Crippen LogP contribution in [-0.2, 0) is 4.74 Å². The van der Waals surface area contributed by atoms with Crippen molar-refractivity contribution in [2.45, 2.75) is 13.1 Å². The summed E-state index contributed by atoms with van der Waals surface area (Å²) in [5.41, 5.74) is 7.68. The van der Waals surface area contributed by atoms with E-state index in [0.29, 0.717) is 46.7 Å². The van der Waals surface area contributed by atoms with E-state index >= 15 is 0 Å². The molecule has 31 heavy (non-hydrogen) atoms. The molecule has 2 N–H and O–H groups in total. The summed E-state index contributed by atoms with van der Waals surface area (Å²) in [6.07, 6.45) is 1.72. The van der Waals surface area contributed by atoms with E-state index in [0.717, 1.165) is 24.6 Å². The minimum Gasteiger partial charge on any atom is -0.455 e. The van der Waals surface area contributed by atoms with Crippen LogP contribution in [0, 0.1) is 6.92 Å². The number of hydrogen-bond acceptors (Lipinski definition) is 7. The third-order valence-corrected chi connectivity index (χ3v) is 5.10. The average molecular weight is 444 g/mol. The zero-order valence-electron chi connectivity index (χ0n) is 17.1. The zero-order chi connectivity index (χ0) is 21.8. The van der Waals surface area contributed by atoms with Gasteiger partial charge in [0, 0.05) is 61.5 Å². The Morgan fingerprint density at radius 2 is 2.00 bits per heavy atom. The van der Waals surface area contributed by atoms with E-state index in [-0.39, 0.29) is 6.54 Å². The van der Waals surface area contributed by atoms with E-state index in [1.807, 2.05) is 19.1 Å². The van der Waals surface area contributed by atoms with Crippen molar-refractivity contribution in [3.05, 3.63) is 59.0 Å². The summed E-state index contributed by atoms with van der Waals surface area (Å²) >= 11 is 6.18. The summed E-state index contributed by atoms with van der Waals surface area (Å²) < 4.78 is 25.4. The van der Waals surface area contributed by atoms with Crippen LogP contribution in [0.3, 0.4) is 0 Å². The summed E-state index contributed by atoms with van der Waals surface area (Å²) in [7, 11) is 0. The number of anilines is 1. The largest absolute Gasteiger partial charge is 0.455 e. The highest BCUT2D eigenvalue weighted by atomic mass is 35.5. The molecule has 0 aromatic carbocycles. The number of ether oxygens (including phenoxy) is 2. The molecule has 0 aliphatic carbocycles. The average Bonchev–Trinajstić information content (AvgIpc) is 2.79. The first-order valence-corrected chi connectivity index (χ1v) is 10.4. The molecule has 3 aromatic heterocycles. The lowest BCUT2D eigenvalue weighted by Gasteiger charge is -2.28. The first-order valence-electron chi connectivity index (χ1n) is 9.98. The topological polar surface area (TPSA) is 86.4 Å². The first-order chi connectivity index (χ1) is 15.0. The van der Waals surface area contributed by atoms with E-state index in [1.165, 1.54) is 12.4 Å².